The van der Waals surface area contributed by atoms with Gasteiger partial charge < -0.3 is 13.9 Å². The third-order valence-electron chi connectivity index (χ3n) is 4.16. The van der Waals surface area contributed by atoms with Crippen LogP contribution >= 0.6 is 0 Å². The zero-order chi connectivity index (χ0) is 18.0. The second-order valence-corrected chi connectivity index (χ2v) is 6.20. The van der Waals surface area contributed by atoms with Crippen LogP contribution in [0.5, 0.6) is 5.75 Å². The molecule has 6 nitrogen and oxygen atoms in total. The van der Waals surface area contributed by atoms with E-state index >= 15 is 0 Å². The molecule has 1 fully saturated rings. The Morgan fingerprint density at radius 2 is 2.00 bits per heavy atom. The number of fused-ring (bicyclic) bond motifs is 1. The van der Waals surface area contributed by atoms with Gasteiger partial charge in [0.2, 0.25) is 0 Å². The van der Waals surface area contributed by atoms with Crippen molar-refractivity contribution in [2.45, 2.75) is 39.5 Å². The summed E-state index contributed by atoms with van der Waals surface area (Å²) in [5.74, 6) is -0.314. The van der Waals surface area contributed by atoms with Crippen molar-refractivity contribution in [3.63, 3.8) is 0 Å². The van der Waals surface area contributed by atoms with Crippen molar-refractivity contribution in [2.75, 3.05) is 6.61 Å². The Bertz CT molecular complexity index is 875. The Kier molecular flexibility index (Phi) is 4.88. The molecule has 1 saturated carbocycles. The highest BCUT2D eigenvalue weighted by atomic mass is 16.5. The molecule has 3 rings (SSSR count). The van der Waals surface area contributed by atoms with Gasteiger partial charge in [0.25, 0.3) is 0 Å². The van der Waals surface area contributed by atoms with Crippen LogP contribution in [0.4, 0.5) is 0 Å². The summed E-state index contributed by atoms with van der Waals surface area (Å²) in [7, 11) is 0. The Labute approximate surface area is 144 Å². The van der Waals surface area contributed by atoms with Crippen LogP contribution in [-0.2, 0) is 20.7 Å². The fourth-order valence-corrected chi connectivity index (χ4v) is 2.66. The average Bonchev–Trinajstić information content (AvgIpc) is 3.38. The van der Waals surface area contributed by atoms with E-state index in [-0.39, 0.29) is 24.3 Å². The molecule has 0 spiro atoms. The van der Waals surface area contributed by atoms with E-state index in [9.17, 15) is 14.4 Å². The molecule has 0 atom stereocenters. The number of hydrogen-bond donors (Lipinski definition) is 0. The van der Waals surface area contributed by atoms with Crippen LogP contribution in [-0.4, -0.2) is 18.5 Å². The van der Waals surface area contributed by atoms with E-state index in [0.29, 0.717) is 29.9 Å². The fraction of sp³-hybridized carbons (Fsp3) is 0.421. The monoisotopic (exact) mass is 344 g/mol. The van der Waals surface area contributed by atoms with Gasteiger partial charge in [-0.2, -0.15) is 0 Å². The van der Waals surface area contributed by atoms with Crippen molar-refractivity contribution in [1.82, 2.24) is 0 Å². The number of aryl methyl sites for hydroxylation is 2. The third-order valence-corrected chi connectivity index (χ3v) is 4.16. The van der Waals surface area contributed by atoms with E-state index in [4.69, 9.17) is 13.9 Å². The molecular formula is C19H20O6. The summed E-state index contributed by atoms with van der Waals surface area (Å²) in [5.41, 5.74) is 1.39. The molecule has 0 amide bonds. The molecule has 1 aliphatic rings. The Morgan fingerprint density at radius 3 is 2.68 bits per heavy atom. The number of hydrogen-bond acceptors (Lipinski definition) is 6. The molecule has 0 unspecified atom stereocenters. The van der Waals surface area contributed by atoms with Crippen LogP contribution in [0.2, 0.25) is 0 Å². The van der Waals surface area contributed by atoms with Crippen LogP contribution in [0.1, 0.15) is 37.3 Å². The lowest BCUT2D eigenvalue weighted by Crippen LogP contribution is -2.12. The molecule has 0 aliphatic heterocycles. The number of carbonyl (C=O) groups excluding carboxylic acids is 2. The molecule has 1 aliphatic carbocycles. The van der Waals surface area contributed by atoms with Gasteiger partial charge in [-0.05, 0) is 50.3 Å². The van der Waals surface area contributed by atoms with Crippen molar-refractivity contribution in [3.8, 4) is 5.75 Å². The van der Waals surface area contributed by atoms with E-state index in [1.165, 1.54) is 6.07 Å². The lowest BCUT2D eigenvalue weighted by atomic mass is 10.0. The predicted molar refractivity (Wildman–Crippen MR) is 90.5 cm³/mol. The molecule has 6 heteroatoms. The first-order valence-corrected chi connectivity index (χ1v) is 8.42. The largest absolute Gasteiger partial charge is 0.466 e. The summed E-state index contributed by atoms with van der Waals surface area (Å²) in [6.07, 6.45) is 2.22. The first kappa shape index (κ1) is 17.2. The minimum Gasteiger partial charge on any atom is -0.466 e. The molecule has 1 aromatic carbocycles. The third kappa shape index (κ3) is 4.07. The zero-order valence-corrected chi connectivity index (χ0v) is 14.3. The maximum Gasteiger partial charge on any atom is 0.336 e. The highest BCUT2D eigenvalue weighted by Crippen LogP contribution is 2.33. The van der Waals surface area contributed by atoms with Crippen molar-refractivity contribution in [2.24, 2.45) is 5.92 Å². The fourth-order valence-electron chi connectivity index (χ4n) is 2.66. The maximum atomic E-state index is 12.0. The van der Waals surface area contributed by atoms with Gasteiger partial charge in [0.1, 0.15) is 11.3 Å². The number of rotatable bonds is 6. The maximum absolute atomic E-state index is 12.0. The van der Waals surface area contributed by atoms with E-state index in [0.717, 1.165) is 23.8 Å². The predicted octanol–water partition coefficient (Wildman–Crippen LogP) is 2.91. The van der Waals surface area contributed by atoms with Gasteiger partial charge in [0, 0.05) is 23.9 Å². The van der Waals surface area contributed by atoms with Crippen LogP contribution in [0, 0.1) is 12.8 Å². The van der Waals surface area contributed by atoms with E-state index in [2.05, 4.69) is 0 Å². The molecule has 0 N–H and O–H groups in total. The summed E-state index contributed by atoms with van der Waals surface area (Å²) in [6.45, 7) is 3.89. The molecule has 132 valence electrons. The normalized spacial score (nSPS) is 13.7. The first-order chi connectivity index (χ1) is 12.0. The van der Waals surface area contributed by atoms with Gasteiger partial charge in [-0.25, -0.2) is 4.79 Å². The average molecular weight is 344 g/mol. The van der Waals surface area contributed by atoms with Gasteiger partial charge in [0.15, 0.2) is 0 Å². The Morgan fingerprint density at radius 1 is 1.24 bits per heavy atom. The number of benzene rings is 1. The smallest absolute Gasteiger partial charge is 0.336 e. The molecule has 1 heterocycles. The second-order valence-electron chi connectivity index (χ2n) is 6.20. The second kappa shape index (κ2) is 7.09. The van der Waals surface area contributed by atoms with Crippen LogP contribution < -0.4 is 10.4 Å². The van der Waals surface area contributed by atoms with Gasteiger partial charge in [-0.1, -0.05) is 0 Å². The topological polar surface area (TPSA) is 82.8 Å². The molecule has 0 bridgehead atoms. The first-order valence-electron chi connectivity index (χ1n) is 8.42. The molecule has 0 saturated heterocycles. The highest BCUT2D eigenvalue weighted by Gasteiger charge is 2.32. The minimum absolute atomic E-state index is 0.0573. The summed E-state index contributed by atoms with van der Waals surface area (Å²) in [6, 6.07) is 4.78. The molecular weight excluding hydrogens is 324 g/mol. The summed E-state index contributed by atoms with van der Waals surface area (Å²) in [5, 5.41) is 0.754. The standard InChI is InChI=1S/C19H20O6/c1-3-23-17(20)7-6-13-9-14-11(2)8-18(21)24-16(14)10-15(13)25-19(22)12-4-5-12/h8-10,12H,3-7H2,1-2H3. The molecule has 0 radical (unpaired) electrons. The quantitative estimate of drug-likeness (QED) is 0.455. The van der Waals surface area contributed by atoms with Crippen molar-refractivity contribution >= 4 is 22.9 Å². The van der Waals surface area contributed by atoms with E-state index < -0.39 is 5.63 Å². The lowest BCUT2D eigenvalue weighted by Gasteiger charge is -2.12. The van der Waals surface area contributed by atoms with Gasteiger partial charge in [-0.15, -0.1) is 0 Å². The SMILES string of the molecule is CCOC(=O)CCc1cc2c(C)cc(=O)oc2cc1OC(=O)C1CC1. The summed E-state index contributed by atoms with van der Waals surface area (Å²) in [4.78, 5) is 35.3. The highest BCUT2D eigenvalue weighted by molar-refractivity contribution is 5.85. The summed E-state index contributed by atoms with van der Waals surface area (Å²) < 4.78 is 15.7. The molecule has 1 aromatic heterocycles. The zero-order valence-electron chi connectivity index (χ0n) is 14.3. The van der Waals surface area contributed by atoms with Crippen molar-refractivity contribution in [1.29, 1.82) is 0 Å². The molecule has 25 heavy (non-hydrogen) atoms. The lowest BCUT2D eigenvalue weighted by molar-refractivity contribution is -0.143. The van der Waals surface area contributed by atoms with Crippen LogP contribution in [0.15, 0.2) is 27.4 Å². The van der Waals surface area contributed by atoms with Crippen LogP contribution in [0.25, 0.3) is 11.0 Å². The summed E-state index contributed by atoms with van der Waals surface area (Å²) >= 11 is 0. The van der Waals surface area contributed by atoms with Crippen molar-refractivity contribution in [3.05, 3.63) is 39.7 Å². The van der Waals surface area contributed by atoms with Crippen molar-refractivity contribution < 1.29 is 23.5 Å². The van der Waals surface area contributed by atoms with Crippen LogP contribution in [0.3, 0.4) is 0 Å². The van der Waals surface area contributed by atoms with Gasteiger partial charge in [-0.3, -0.25) is 9.59 Å². The number of esters is 2. The van der Waals surface area contributed by atoms with E-state index in [1.807, 2.05) is 13.0 Å². The van der Waals surface area contributed by atoms with E-state index in [1.54, 1.807) is 13.0 Å². The van der Waals surface area contributed by atoms with Gasteiger partial charge in [0.05, 0.1) is 12.5 Å². The molecule has 2 aromatic rings. The van der Waals surface area contributed by atoms with Gasteiger partial charge >= 0.3 is 17.6 Å². The number of ether oxygens (including phenoxy) is 2. The Hall–Kier alpha value is -2.63. The minimum atomic E-state index is -0.455. The number of carbonyl (C=O) groups is 2. The Balaban J connectivity index is 1.96.